The first-order valence-corrected chi connectivity index (χ1v) is 9.75. The van der Waals surface area contributed by atoms with Crippen LogP contribution >= 0.6 is 0 Å². The number of aromatic nitrogens is 1. The molecule has 2 N–H and O–H groups in total. The summed E-state index contributed by atoms with van der Waals surface area (Å²) in [4.78, 5) is 16.3. The van der Waals surface area contributed by atoms with Crippen molar-refractivity contribution in [3.63, 3.8) is 0 Å². The second-order valence-corrected chi connectivity index (χ2v) is 7.80. The number of aryl methyl sites for hydroxylation is 2. The van der Waals surface area contributed by atoms with Gasteiger partial charge in [-0.3, -0.25) is 14.5 Å². The van der Waals surface area contributed by atoms with E-state index in [2.05, 4.69) is 15.0 Å². The molecule has 0 aliphatic heterocycles. The maximum Gasteiger partial charge on any atom is 0.262 e. The van der Waals surface area contributed by atoms with E-state index in [1.54, 1.807) is 49.4 Å². The van der Waals surface area contributed by atoms with E-state index < -0.39 is 10.0 Å². The Morgan fingerprint density at radius 3 is 2.37 bits per heavy atom. The number of nitrogens with zero attached hydrogens (tertiary/aromatic N) is 1. The number of sulfonamides is 1. The summed E-state index contributed by atoms with van der Waals surface area (Å²) in [5, 5.41) is 2.71. The van der Waals surface area contributed by atoms with Gasteiger partial charge >= 0.3 is 0 Å². The first-order chi connectivity index (χ1) is 12.8. The average molecular weight is 381 g/mol. The number of carbonyl (C=O) groups excluding carboxylic acids is 1. The van der Waals surface area contributed by atoms with Crippen LogP contribution in [-0.4, -0.2) is 19.3 Å². The van der Waals surface area contributed by atoms with Gasteiger partial charge in [0.1, 0.15) is 0 Å². The lowest BCUT2D eigenvalue weighted by Crippen LogP contribution is -2.16. The Hall–Kier alpha value is -3.19. The van der Waals surface area contributed by atoms with Crippen molar-refractivity contribution in [1.82, 2.24) is 4.98 Å². The van der Waals surface area contributed by atoms with E-state index in [4.69, 9.17) is 0 Å². The predicted molar refractivity (Wildman–Crippen MR) is 105 cm³/mol. The lowest BCUT2D eigenvalue weighted by Gasteiger charge is -2.13. The molecule has 2 aromatic carbocycles. The molecule has 0 fully saturated rings. The smallest absolute Gasteiger partial charge is 0.262 e. The summed E-state index contributed by atoms with van der Waals surface area (Å²) in [6.07, 6.45) is 3.04. The van der Waals surface area contributed by atoms with Crippen molar-refractivity contribution in [2.45, 2.75) is 18.7 Å². The van der Waals surface area contributed by atoms with Gasteiger partial charge in [-0.2, -0.15) is 0 Å². The number of rotatable bonds is 5. The van der Waals surface area contributed by atoms with Crippen LogP contribution in [0.5, 0.6) is 0 Å². The van der Waals surface area contributed by atoms with Gasteiger partial charge in [0.05, 0.1) is 4.90 Å². The minimum atomic E-state index is -3.79. The number of hydrogen-bond acceptors (Lipinski definition) is 4. The zero-order valence-corrected chi connectivity index (χ0v) is 15.7. The van der Waals surface area contributed by atoms with Gasteiger partial charge in [0.25, 0.3) is 15.9 Å². The lowest BCUT2D eigenvalue weighted by atomic mass is 10.2. The van der Waals surface area contributed by atoms with Crippen LogP contribution < -0.4 is 10.0 Å². The molecule has 0 aliphatic carbocycles. The SMILES string of the molecule is Cc1cccc(NS(=O)(=O)c2cc(NC(=O)c3ccncc3)ccc2C)c1. The molecule has 1 amide bonds. The summed E-state index contributed by atoms with van der Waals surface area (Å²) in [7, 11) is -3.79. The summed E-state index contributed by atoms with van der Waals surface area (Å²) in [6, 6.07) is 15.1. The molecule has 0 radical (unpaired) electrons. The fraction of sp³-hybridized carbons (Fsp3) is 0.100. The largest absolute Gasteiger partial charge is 0.322 e. The Bertz CT molecular complexity index is 1080. The molecule has 0 unspecified atom stereocenters. The summed E-state index contributed by atoms with van der Waals surface area (Å²) in [5.41, 5.74) is 2.85. The second-order valence-electron chi connectivity index (χ2n) is 6.15. The Morgan fingerprint density at radius 2 is 1.67 bits per heavy atom. The van der Waals surface area contributed by atoms with Gasteiger partial charge in [-0.15, -0.1) is 0 Å². The molecule has 0 aliphatic rings. The van der Waals surface area contributed by atoms with E-state index in [1.165, 1.54) is 18.5 Å². The first-order valence-electron chi connectivity index (χ1n) is 8.27. The molecule has 0 spiro atoms. The van der Waals surface area contributed by atoms with Crippen LogP contribution in [0.15, 0.2) is 71.9 Å². The fourth-order valence-electron chi connectivity index (χ4n) is 2.59. The third-order valence-corrected chi connectivity index (χ3v) is 5.47. The van der Waals surface area contributed by atoms with Gasteiger partial charge in [-0.05, 0) is 61.4 Å². The molecule has 0 saturated carbocycles. The third kappa shape index (κ3) is 4.51. The number of hydrogen-bond donors (Lipinski definition) is 2. The summed E-state index contributed by atoms with van der Waals surface area (Å²) >= 11 is 0. The highest BCUT2D eigenvalue weighted by molar-refractivity contribution is 7.92. The van der Waals surface area contributed by atoms with Gasteiger partial charge in [0, 0.05) is 29.3 Å². The van der Waals surface area contributed by atoms with Crippen molar-refractivity contribution in [1.29, 1.82) is 0 Å². The number of carbonyl (C=O) groups is 1. The van der Waals surface area contributed by atoms with Crippen molar-refractivity contribution in [3.05, 3.63) is 83.7 Å². The normalized spacial score (nSPS) is 11.0. The van der Waals surface area contributed by atoms with Crippen LogP contribution in [0.25, 0.3) is 0 Å². The van der Waals surface area contributed by atoms with Gasteiger partial charge in [-0.1, -0.05) is 18.2 Å². The Labute approximate surface area is 158 Å². The van der Waals surface area contributed by atoms with Crippen LogP contribution in [0.4, 0.5) is 11.4 Å². The minimum Gasteiger partial charge on any atom is -0.322 e. The van der Waals surface area contributed by atoms with Crippen molar-refractivity contribution < 1.29 is 13.2 Å². The van der Waals surface area contributed by atoms with E-state index in [-0.39, 0.29) is 10.8 Å². The van der Waals surface area contributed by atoms with Crippen LogP contribution in [0.2, 0.25) is 0 Å². The lowest BCUT2D eigenvalue weighted by molar-refractivity contribution is 0.102. The van der Waals surface area contributed by atoms with Crippen molar-refractivity contribution in [2.75, 3.05) is 10.0 Å². The number of anilines is 2. The molecule has 1 aromatic heterocycles. The fourth-order valence-corrected chi connectivity index (χ4v) is 3.91. The second kappa shape index (κ2) is 7.59. The third-order valence-electron chi connectivity index (χ3n) is 3.95. The van der Waals surface area contributed by atoms with Crippen molar-refractivity contribution >= 4 is 27.3 Å². The minimum absolute atomic E-state index is 0.108. The highest BCUT2D eigenvalue weighted by Crippen LogP contribution is 2.23. The maximum atomic E-state index is 12.8. The molecule has 138 valence electrons. The molecular weight excluding hydrogens is 362 g/mol. The number of amides is 1. The molecule has 0 saturated heterocycles. The zero-order chi connectivity index (χ0) is 19.4. The summed E-state index contributed by atoms with van der Waals surface area (Å²) < 4.78 is 28.2. The molecule has 0 atom stereocenters. The molecule has 7 heteroatoms. The zero-order valence-electron chi connectivity index (χ0n) is 14.9. The number of benzene rings is 2. The molecule has 27 heavy (non-hydrogen) atoms. The molecule has 1 heterocycles. The van der Waals surface area contributed by atoms with E-state index in [9.17, 15) is 13.2 Å². The van der Waals surface area contributed by atoms with Crippen molar-refractivity contribution in [3.8, 4) is 0 Å². The van der Waals surface area contributed by atoms with E-state index in [1.807, 2.05) is 13.0 Å². The monoisotopic (exact) mass is 381 g/mol. The van der Waals surface area contributed by atoms with Gasteiger partial charge < -0.3 is 5.32 Å². The van der Waals surface area contributed by atoms with Crippen molar-refractivity contribution in [2.24, 2.45) is 0 Å². The van der Waals surface area contributed by atoms with Gasteiger partial charge in [-0.25, -0.2) is 8.42 Å². The molecule has 3 aromatic rings. The van der Waals surface area contributed by atoms with Crippen LogP contribution in [-0.2, 0) is 10.0 Å². The highest BCUT2D eigenvalue weighted by atomic mass is 32.2. The molecular formula is C20H19N3O3S. The van der Waals surface area contributed by atoms with Gasteiger partial charge in [0.2, 0.25) is 0 Å². The summed E-state index contributed by atoms with van der Waals surface area (Å²) in [5.74, 6) is -0.337. The Balaban J connectivity index is 1.87. The van der Waals surface area contributed by atoms with Crippen LogP contribution in [0.3, 0.4) is 0 Å². The molecule has 3 rings (SSSR count). The predicted octanol–water partition coefficient (Wildman–Crippen LogP) is 3.75. The Kier molecular flexibility index (Phi) is 5.23. The topological polar surface area (TPSA) is 88.2 Å². The average Bonchev–Trinajstić information content (AvgIpc) is 2.63. The van der Waals surface area contributed by atoms with E-state index in [0.717, 1.165) is 5.56 Å². The highest BCUT2D eigenvalue weighted by Gasteiger charge is 2.18. The Morgan fingerprint density at radius 1 is 0.926 bits per heavy atom. The molecule has 6 nitrogen and oxygen atoms in total. The maximum absolute atomic E-state index is 12.8. The van der Waals surface area contributed by atoms with Gasteiger partial charge in [0.15, 0.2) is 0 Å². The van der Waals surface area contributed by atoms with E-state index in [0.29, 0.717) is 22.5 Å². The van der Waals surface area contributed by atoms with Crippen LogP contribution in [0, 0.1) is 13.8 Å². The van der Waals surface area contributed by atoms with Crippen LogP contribution in [0.1, 0.15) is 21.5 Å². The number of pyridine rings is 1. The molecule has 0 bridgehead atoms. The standard InChI is InChI=1S/C20H19N3O3S/c1-14-4-3-5-18(12-14)23-27(25,26)19-13-17(7-6-15(19)2)22-20(24)16-8-10-21-11-9-16/h3-13,23H,1-2H3,(H,22,24). The quantitative estimate of drug-likeness (QED) is 0.704. The summed E-state index contributed by atoms with van der Waals surface area (Å²) in [6.45, 7) is 3.59. The first kappa shape index (κ1) is 18.6. The number of nitrogens with one attached hydrogen (secondary N) is 2. The van der Waals surface area contributed by atoms with E-state index >= 15 is 0 Å².